The van der Waals surface area contributed by atoms with Gasteiger partial charge in [0.1, 0.15) is 0 Å². The van der Waals surface area contributed by atoms with E-state index in [2.05, 4.69) is 9.97 Å². The molecule has 2 heterocycles. The Morgan fingerprint density at radius 3 is 1.45 bits per heavy atom. The molecule has 2 aromatic rings. The first-order chi connectivity index (χ1) is 10.2. The third kappa shape index (κ3) is 4.37. The molecule has 2 rings (SSSR count). The van der Waals surface area contributed by atoms with Crippen molar-refractivity contribution in [1.29, 1.82) is 0 Å². The molecule has 10 heteroatoms. The van der Waals surface area contributed by atoms with Crippen LogP contribution in [0.3, 0.4) is 0 Å². The van der Waals surface area contributed by atoms with Gasteiger partial charge in [-0.15, -0.1) is 0 Å². The van der Waals surface area contributed by atoms with Gasteiger partial charge in [-0.05, 0) is 0 Å². The van der Waals surface area contributed by atoms with Crippen LogP contribution in [0.4, 0.5) is 0 Å². The Balaban J connectivity index is 0.000000220. The zero-order chi connectivity index (χ0) is 16.9. The van der Waals surface area contributed by atoms with E-state index in [4.69, 9.17) is 10.2 Å². The maximum Gasteiger partial charge on any atom is 0.360 e. The Hall–Kier alpha value is -3.30. The highest BCUT2D eigenvalue weighted by atomic mass is 16.5. The van der Waals surface area contributed by atoms with E-state index in [1.54, 1.807) is 13.8 Å². The second kappa shape index (κ2) is 6.92. The highest BCUT2D eigenvalue weighted by Gasteiger charge is 2.10. The van der Waals surface area contributed by atoms with Crippen molar-refractivity contribution in [1.82, 2.24) is 9.97 Å². The summed E-state index contributed by atoms with van der Waals surface area (Å²) in [4.78, 5) is 27.5. The van der Waals surface area contributed by atoms with Gasteiger partial charge in [-0.25, -0.2) is 19.6 Å². The molecule has 0 spiro atoms. The molecule has 0 aliphatic rings. The zero-order valence-electron chi connectivity index (χ0n) is 11.6. The minimum Gasteiger partial charge on any atom is -0.618 e. The Morgan fingerprint density at radius 1 is 0.909 bits per heavy atom. The van der Waals surface area contributed by atoms with E-state index in [0.717, 1.165) is 12.4 Å². The van der Waals surface area contributed by atoms with Crippen molar-refractivity contribution < 1.29 is 29.3 Å². The molecule has 0 unspecified atom stereocenters. The van der Waals surface area contributed by atoms with Crippen molar-refractivity contribution in [2.45, 2.75) is 13.8 Å². The molecule has 0 aliphatic heterocycles. The molecule has 0 aromatic carbocycles. The van der Waals surface area contributed by atoms with Gasteiger partial charge in [0.15, 0.2) is 0 Å². The first kappa shape index (κ1) is 16.8. The van der Waals surface area contributed by atoms with Gasteiger partial charge in [0, 0.05) is 13.8 Å². The number of rotatable bonds is 2. The van der Waals surface area contributed by atoms with Crippen LogP contribution in [0.1, 0.15) is 32.4 Å². The maximum absolute atomic E-state index is 10.8. The van der Waals surface area contributed by atoms with Gasteiger partial charge in [-0.1, -0.05) is 0 Å². The fourth-order valence-electron chi connectivity index (χ4n) is 1.15. The summed E-state index contributed by atoms with van der Waals surface area (Å²) in [5, 5.41) is 38.3. The van der Waals surface area contributed by atoms with Gasteiger partial charge in [-0.2, -0.15) is 9.46 Å². The summed E-state index contributed by atoms with van der Waals surface area (Å²) >= 11 is 0. The SMILES string of the molecule is Cc1cnc(C(=O)O)c[n+]1[O-].Cc1cnc(C(=O)O)c[n+]1[O-]. The molecule has 0 radical (unpaired) electrons. The Bertz CT molecular complexity index is 657. The van der Waals surface area contributed by atoms with Gasteiger partial charge in [0.2, 0.25) is 35.2 Å². The van der Waals surface area contributed by atoms with Crippen LogP contribution in [0, 0.1) is 24.3 Å². The molecule has 0 saturated carbocycles. The van der Waals surface area contributed by atoms with Gasteiger partial charge in [0.25, 0.3) is 0 Å². The van der Waals surface area contributed by atoms with Crippen molar-refractivity contribution in [2.75, 3.05) is 0 Å². The van der Waals surface area contributed by atoms with E-state index in [1.165, 1.54) is 12.4 Å². The average molecular weight is 308 g/mol. The lowest BCUT2D eigenvalue weighted by Gasteiger charge is -1.98. The summed E-state index contributed by atoms with van der Waals surface area (Å²) in [6.45, 7) is 3.09. The second-order valence-electron chi connectivity index (χ2n) is 4.09. The third-order valence-electron chi connectivity index (χ3n) is 2.39. The zero-order valence-corrected chi connectivity index (χ0v) is 11.6. The fraction of sp³-hybridized carbons (Fsp3) is 0.167. The molecule has 116 valence electrons. The first-order valence-electron chi connectivity index (χ1n) is 5.80. The molecular formula is C12H12N4O6. The minimum absolute atomic E-state index is 0.245. The molecule has 0 saturated heterocycles. The standard InChI is InChI=1S/2C6H6N2O3/c2*1-4-2-7-5(6(9)10)3-8(4)11/h2*2-3H,1H3,(H,9,10). The number of carboxylic acid groups (broad SMARTS) is 2. The third-order valence-corrected chi connectivity index (χ3v) is 2.39. The van der Waals surface area contributed by atoms with E-state index in [0.29, 0.717) is 20.8 Å². The Morgan fingerprint density at radius 2 is 1.23 bits per heavy atom. The summed E-state index contributed by atoms with van der Waals surface area (Å²) in [5.74, 6) is -2.40. The quantitative estimate of drug-likeness (QED) is 0.552. The number of aryl methyl sites for hydroxylation is 2. The van der Waals surface area contributed by atoms with E-state index >= 15 is 0 Å². The predicted octanol–water partition coefficient (Wildman–Crippen LogP) is -0.557. The van der Waals surface area contributed by atoms with Crippen LogP contribution in [0.5, 0.6) is 0 Å². The maximum atomic E-state index is 10.8. The summed E-state index contributed by atoms with van der Waals surface area (Å²) in [6, 6.07) is 0. The molecule has 0 aliphatic carbocycles. The van der Waals surface area contributed by atoms with Gasteiger partial charge < -0.3 is 20.6 Å². The number of hydrogen-bond donors (Lipinski definition) is 2. The van der Waals surface area contributed by atoms with Crippen LogP contribution in [0.25, 0.3) is 0 Å². The normalized spacial score (nSPS) is 9.55. The summed E-state index contributed by atoms with van der Waals surface area (Å²) in [5.41, 5.74) is 0.251. The Labute approximate surface area is 124 Å². The minimum atomic E-state index is -1.20. The van der Waals surface area contributed by atoms with Crippen molar-refractivity contribution >= 4 is 11.9 Å². The van der Waals surface area contributed by atoms with Crippen molar-refractivity contribution in [2.24, 2.45) is 0 Å². The number of aromatic nitrogens is 4. The number of carboxylic acids is 2. The monoisotopic (exact) mass is 308 g/mol. The van der Waals surface area contributed by atoms with Crippen LogP contribution in [-0.4, -0.2) is 32.1 Å². The average Bonchev–Trinajstić information content (AvgIpc) is 2.45. The largest absolute Gasteiger partial charge is 0.618 e. The van der Waals surface area contributed by atoms with Crippen LogP contribution in [-0.2, 0) is 0 Å². The first-order valence-corrected chi connectivity index (χ1v) is 5.80. The van der Waals surface area contributed by atoms with E-state index in [-0.39, 0.29) is 11.4 Å². The summed E-state index contributed by atoms with van der Waals surface area (Å²) in [7, 11) is 0. The van der Waals surface area contributed by atoms with Crippen LogP contribution in [0.15, 0.2) is 24.8 Å². The number of nitrogens with zero attached hydrogens (tertiary/aromatic N) is 4. The molecule has 10 nitrogen and oxygen atoms in total. The molecule has 0 amide bonds. The number of hydrogen-bond acceptors (Lipinski definition) is 6. The number of aromatic carboxylic acids is 2. The predicted molar refractivity (Wildman–Crippen MR) is 69.8 cm³/mol. The summed E-state index contributed by atoms with van der Waals surface area (Å²) in [6.07, 6.45) is 4.29. The highest BCUT2D eigenvalue weighted by Crippen LogP contribution is 1.91. The van der Waals surface area contributed by atoms with Gasteiger partial charge >= 0.3 is 11.9 Å². The lowest BCUT2D eigenvalue weighted by atomic mass is 10.4. The van der Waals surface area contributed by atoms with Crippen LogP contribution in [0.2, 0.25) is 0 Å². The lowest BCUT2D eigenvalue weighted by molar-refractivity contribution is -0.613. The smallest absolute Gasteiger partial charge is 0.360 e. The fourth-order valence-corrected chi connectivity index (χ4v) is 1.15. The topological polar surface area (TPSA) is 154 Å². The van der Waals surface area contributed by atoms with Crippen molar-refractivity contribution in [3.05, 3.63) is 58.0 Å². The number of carbonyl (C=O) groups is 2. The van der Waals surface area contributed by atoms with Crippen molar-refractivity contribution in [3.8, 4) is 0 Å². The molecule has 0 atom stereocenters. The van der Waals surface area contributed by atoms with Crippen molar-refractivity contribution in [3.63, 3.8) is 0 Å². The molecule has 2 N–H and O–H groups in total. The van der Waals surface area contributed by atoms with E-state index in [1.807, 2.05) is 0 Å². The van der Waals surface area contributed by atoms with Gasteiger partial charge in [-0.3, -0.25) is 0 Å². The molecule has 0 fully saturated rings. The van der Waals surface area contributed by atoms with Crippen LogP contribution >= 0.6 is 0 Å². The molecule has 2 aromatic heterocycles. The van der Waals surface area contributed by atoms with E-state index in [9.17, 15) is 20.0 Å². The Kier molecular flexibility index (Phi) is 5.27. The van der Waals surface area contributed by atoms with Gasteiger partial charge in [0.05, 0.1) is 12.4 Å². The summed E-state index contributed by atoms with van der Waals surface area (Å²) < 4.78 is 0.937. The van der Waals surface area contributed by atoms with E-state index < -0.39 is 11.9 Å². The molecule has 0 bridgehead atoms. The molecular weight excluding hydrogens is 296 g/mol. The van der Waals surface area contributed by atoms with Crippen LogP contribution < -0.4 is 9.46 Å². The molecule has 22 heavy (non-hydrogen) atoms. The highest BCUT2D eigenvalue weighted by molar-refractivity contribution is 5.84. The second-order valence-corrected chi connectivity index (χ2v) is 4.09. The lowest BCUT2D eigenvalue weighted by Crippen LogP contribution is -2.31.